The van der Waals surface area contributed by atoms with E-state index in [1.165, 1.54) is 25.1 Å². The van der Waals surface area contributed by atoms with Crippen LogP contribution >= 0.6 is 0 Å². The summed E-state index contributed by atoms with van der Waals surface area (Å²) in [7, 11) is 0. The van der Waals surface area contributed by atoms with Gasteiger partial charge >= 0.3 is 5.97 Å². The summed E-state index contributed by atoms with van der Waals surface area (Å²) in [6.07, 6.45) is 0. The molecule has 0 bridgehead atoms. The van der Waals surface area contributed by atoms with E-state index in [0.29, 0.717) is 0 Å². The van der Waals surface area contributed by atoms with Crippen molar-refractivity contribution in [3.8, 4) is 0 Å². The average molecular weight is 266 g/mol. The molecule has 0 aliphatic heterocycles. The molecule has 0 unspecified atom stereocenters. The SMILES string of the molecule is CCOC(=O)CNC(=O)c1cccc([N+](=O)[O-])c1C. The van der Waals surface area contributed by atoms with Crippen LogP contribution in [0.5, 0.6) is 0 Å². The molecular weight excluding hydrogens is 252 g/mol. The Kier molecular flexibility index (Phi) is 4.99. The van der Waals surface area contributed by atoms with Crippen LogP contribution in [0, 0.1) is 17.0 Å². The molecule has 1 rings (SSSR count). The third kappa shape index (κ3) is 3.77. The van der Waals surface area contributed by atoms with E-state index in [1.807, 2.05) is 0 Å². The van der Waals surface area contributed by atoms with E-state index in [9.17, 15) is 19.7 Å². The standard InChI is InChI=1S/C12H14N2O5/c1-3-19-11(15)7-13-12(16)9-5-4-6-10(8(9)2)14(17)18/h4-6H,3,7H2,1-2H3,(H,13,16). The number of hydrogen-bond acceptors (Lipinski definition) is 5. The predicted octanol–water partition coefficient (Wildman–Crippen LogP) is 1.20. The van der Waals surface area contributed by atoms with Crippen LogP contribution in [0.2, 0.25) is 0 Å². The summed E-state index contributed by atoms with van der Waals surface area (Å²) in [5.74, 6) is -1.10. The maximum absolute atomic E-state index is 11.8. The minimum absolute atomic E-state index is 0.135. The molecule has 0 saturated heterocycles. The number of amides is 1. The molecule has 0 aliphatic carbocycles. The Balaban J connectivity index is 2.80. The number of carbonyl (C=O) groups is 2. The van der Waals surface area contributed by atoms with Crippen molar-refractivity contribution in [3.05, 3.63) is 39.4 Å². The van der Waals surface area contributed by atoms with Crippen LogP contribution in [0.4, 0.5) is 5.69 Å². The van der Waals surface area contributed by atoms with Crippen molar-refractivity contribution in [2.75, 3.05) is 13.2 Å². The number of benzene rings is 1. The summed E-state index contributed by atoms with van der Waals surface area (Å²) in [5, 5.41) is 13.1. The van der Waals surface area contributed by atoms with Gasteiger partial charge in [0.1, 0.15) is 6.54 Å². The van der Waals surface area contributed by atoms with Gasteiger partial charge in [-0.1, -0.05) is 6.07 Å². The molecule has 0 spiro atoms. The van der Waals surface area contributed by atoms with Crippen molar-refractivity contribution < 1.29 is 19.2 Å². The topological polar surface area (TPSA) is 98.5 Å². The van der Waals surface area contributed by atoms with Crippen molar-refractivity contribution in [2.45, 2.75) is 13.8 Å². The second kappa shape index (κ2) is 6.48. The normalized spacial score (nSPS) is 9.79. The first-order valence-electron chi connectivity index (χ1n) is 5.65. The molecular formula is C12H14N2O5. The van der Waals surface area contributed by atoms with Crippen LogP contribution in [0.15, 0.2) is 18.2 Å². The fourth-order valence-electron chi connectivity index (χ4n) is 1.53. The zero-order chi connectivity index (χ0) is 14.4. The maximum Gasteiger partial charge on any atom is 0.325 e. The Hall–Kier alpha value is -2.44. The van der Waals surface area contributed by atoms with E-state index in [1.54, 1.807) is 6.92 Å². The van der Waals surface area contributed by atoms with Gasteiger partial charge < -0.3 is 10.1 Å². The van der Waals surface area contributed by atoms with Crippen LogP contribution in [0.1, 0.15) is 22.8 Å². The number of carbonyl (C=O) groups excluding carboxylic acids is 2. The number of nitrogens with one attached hydrogen (secondary N) is 1. The van der Waals surface area contributed by atoms with Gasteiger partial charge in [0.05, 0.1) is 11.5 Å². The van der Waals surface area contributed by atoms with Gasteiger partial charge in [-0.15, -0.1) is 0 Å². The zero-order valence-corrected chi connectivity index (χ0v) is 10.6. The Morgan fingerprint density at radius 3 is 2.68 bits per heavy atom. The van der Waals surface area contributed by atoms with E-state index >= 15 is 0 Å². The molecule has 102 valence electrons. The Bertz CT molecular complexity index is 513. The van der Waals surface area contributed by atoms with Crippen LogP contribution in [-0.4, -0.2) is 30.0 Å². The van der Waals surface area contributed by atoms with Gasteiger partial charge in [0.2, 0.25) is 0 Å². The smallest absolute Gasteiger partial charge is 0.325 e. The third-order valence-electron chi connectivity index (χ3n) is 2.45. The van der Waals surface area contributed by atoms with Gasteiger partial charge in [0.15, 0.2) is 0 Å². The lowest BCUT2D eigenvalue weighted by molar-refractivity contribution is -0.385. The summed E-state index contributed by atoms with van der Waals surface area (Å²) in [5.41, 5.74) is 0.288. The van der Waals surface area contributed by atoms with Crippen molar-refractivity contribution >= 4 is 17.6 Å². The fourth-order valence-corrected chi connectivity index (χ4v) is 1.53. The monoisotopic (exact) mass is 266 g/mol. The second-order valence-electron chi connectivity index (χ2n) is 3.69. The first-order chi connectivity index (χ1) is 8.97. The molecule has 1 aromatic rings. The molecule has 1 N–H and O–H groups in total. The van der Waals surface area contributed by atoms with Gasteiger partial charge in [-0.25, -0.2) is 0 Å². The van der Waals surface area contributed by atoms with Crippen LogP contribution < -0.4 is 5.32 Å². The summed E-state index contributed by atoms with van der Waals surface area (Å²) in [6.45, 7) is 3.10. The third-order valence-corrected chi connectivity index (χ3v) is 2.45. The lowest BCUT2D eigenvalue weighted by Crippen LogP contribution is -2.31. The maximum atomic E-state index is 11.8. The minimum Gasteiger partial charge on any atom is -0.465 e. The molecule has 1 aromatic carbocycles. The summed E-state index contributed by atoms with van der Waals surface area (Å²) >= 11 is 0. The molecule has 0 fully saturated rings. The molecule has 7 heteroatoms. The largest absolute Gasteiger partial charge is 0.465 e. The lowest BCUT2D eigenvalue weighted by Gasteiger charge is -2.07. The number of nitrogens with zero attached hydrogens (tertiary/aromatic N) is 1. The molecule has 7 nitrogen and oxygen atoms in total. The predicted molar refractivity (Wildman–Crippen MR) is 66.8 cm³/mol. The van der Waals surface area contributed by atoms with Gasteiger partial charge in [0, 0.05) is 17.2 Å². The minimum atomic E-state index is -0.558. The fraction of sp³-hybridized carbons (Fsp3) is 0.333. The number of esters is 1. The first kappa shape index (κ1) is 14.6. The first-order valence-corrected chi connectivity index (χ1v) is 5.65. The average Bonchev–Trinajstić information content (AvgIpc) is 2.36. The highest BCUT2D eigenvalue weighted by Gasteiger charge is 2.18. The summed E-state index contributed by atoms with van der Waals surface area (Å²) in [6, 6.07) is 4.20. The Morgan fingerprint density at radius 1 is 1.42 bits per heavy atom. The highest BCUT2D eigenvalue weighted by atomic mass is 16.6. The number of nitro benzene ring substituents is 1. The van der Waals surface area contributed by atoms with E-state index in [2.05, 4.69) is 10.1 Å². The molecule has 0 aromatic heterocycles. The van der Waals surface area contributed by atoms with Crippen LogP contribution in [0.3, 0.4) is 0 Å². The van der Waals surface area contributed by atoms with Crippen molar-refractivity contribution in [1.29, 1.82) is 0 Å². The summed E-state index contributed by atoms with van der Waals surface area (Å²) < 4.78 is 4.66. The van der Waals surface area contributed by atoms with Gasteiger partial charge in [-0.05, 0) is 19.9 Å². The lowest BCUT2D eigenvalue weighted by atomic mass is 10.1. The van der Waals surface area contributed by atoms with E-state index < -0.39 is 16.8 Å². The quantitative estimate of drug-likeness (QED) is 0.490. The van der Waals surface area contributed by atoms with Crippen LogP contribution in [0.25, 0.3) is 0 Å². The van der Waals surface area contributed by atoms with Crippen molar-refractivity contribution in [3.63, 3.8) is 0 Å². The molecule has 1 amide bonds. The van der Waals surface area contributed by atoms with E-state index in [-0.39, 0.29) is 30.0 Å². The van der Waals surface area contributed by atoms with Gasteiger partial charge in [-0.3, -0.25) is 19.7 Å². The summed E-state index contributed by atoms with van der Waals surface area (Å²) in [4.78, 5) is 33.1. The zero-order valence-electron chi connectivity index (χ0n) is 10.6. The number of hydrogen-bond donors (Lipinski definition) is 1. The van der Waals surface area contributed by atoms with Gasteiger partial charge in [-0.2, -0.15) is 0 Å². The molecule has 0 saturated carbocycles. The van der Waals surface area contributed by atoms with Crippen LogP contribution in [-0.2, 0) is 9.53 Å². The molecule has 19 heavy (non-hydrogen) atoms. The number of nitro groups is 1. The second-order valence-corrected chi connectivity index (χ2v) is 3.69. The molecule has 0 atom stereocenters. The van der Waals surface area contributed by atoms with Crippen molar-refractivity contribution in [2.24, 2.45) is 0 Å². The molecule has 0 radical (unpaired) electrons. The Labute approximate surface area is 109 Å². The van der Waals surface area contributed by atoms with Crippen molar-refractivity contribution in [1.82, 2.24) is 5.32 Å². The Morgan fingerprint density at radius 2 is 2.11 bits per heavy atom. The van der Waals surface area contributed by atoms with E-state index in [4.69, 9.17) is 0 Å². The number of rotatable bonds is 5. The highest BCUT2D eigenvalue weighted by Crippen LogP contribution is 2.20. The molecule has 0 aliphatic rings. The molecule has 0 heterocycles. The van der Waals surface area contributed by atoms with E-state index in [0.717, 1.165) is 0 Å². The van der Waals surface area contributed by atoms with Gasteiger partial charge in [0.25, 0.3) is 11.6 Å². The number of ether oxygens (including phenoxy) is 1. The highest BCUT2D eigenvalue weighted by molar-refractivity contribution is 5.98.